The number of rotatable bonds is 4. The maximum absolute atomic E-state index is 13.1. The van der Waals surface area contributed by atoms with Crippen LogP contribution in [0, 0.1) is 0 Å². The molecular weight excluding hydrogens is 474 g/mol. The van der Waals surface area contributed by atoms with Crippen LogP contribution >= 0.6 is 0 Å². The van der Waals surface area contributed by atoms with Gasteiger partial charge in [0.1, 0.15) is 12.4 Å². The number of Topliss-reactive ketones (excluding diaryl/α,β-unsaturated/α-hetero) is 1. The minimum atomic E-state index is -0.649. The predicted molar refractivity (Wildman–Crippen MR) is 136 cm³/mol. The van der Waals surface area contributed by atoms with Gasteiger partial charge in [-0.1, -0.05) is 18.2 Å². The van der Waals surface area contributed by atoms with E-state index in [1.54, 1.807) is 18.1 Å². The molecule has 1 fully saturated rings. The Morgan fingerprint density at radius 1 is 1.05 bits per heavy atom. The van der Waals surface area contributed by atoms with Crippen molar-refractivity contribution in [2.75, 3.05) is 51.3 Å². The first-order valence-electron chi connectivity index (χ1n) is 12.5. The van der Waals surface area contributed by atoms with Crippen LogP contribution in [0.4, 0.5) is 5.69 Å². The molecule has 0 bridgehead atoms. The molecule has 9 nitrogen and oxygen atoms in total. The standard InChI is InChI=1S/C28H29N3O6/c1-28(2)14-17(19-12-18(35-3)13-20-24(19)31(28)27(34)25(20)32)15-29-8-10-30(11-9-29)26(33)23-16-36-21-6-4-5-7-22(21)37-23/h4-7,12-14,23H,8-11,15-16H2,1-3H3/t23-/m0/s1. The van der Waals surface area contributed by atoms with Crippen LogP contribution in [0.3, 0.4) is 0 Å². The third-order valence-electron chi connectivity index (χ3n) is 7.50. The summed E-state index contributed by atoms with van der Waals surface area (Å²) in [6.07, 6.45) is 1.42. The smallest absolute Gasteiger partial charge is 0.300 e. The molecule has 1 atom stereocenters. The van der Waals surface area contributed by atoms with E-state index in [4.69, 9.17) is 14.2 Å². The molecule has 2 aromatic rings. The molecule has 2 aromatic carbocycles. The Labute approximate surface area is 215 Å². The van der Waals surface area contributed by atoms with Gasteiger partial charge in [-0.05, 0) is 43.7 Å². The van der Waals surface area contributed by atoms with E-state index in [9.17, 15) is 14.4 Å². The number of fused-ring (bicyclic) bond motifs is 1. The molecule has 0 saturated carbocycles. The number of benzene rings is 2. The Kier molecular flexibility index (Phi) is 5.49. The minimum absolute atomic E-state index is 0.0644. The number of anilines is 1. The highest BCUT2D eigenvalue weighted by atomic mass is 16.6. The van der Waals surface area contributed by atoms with E-state index in [1.807, 2.05) is 49.1 Å². The zero-order chi connectivity index (χ0) is 25.9. The number of carbonyl (C=O) groups is 3. The monoisotopic (exact) mass is 503 g/mol. The molecule has 192 valence electrons. The lowest BCUT2D eigenvalue weighted by Gasteiger charge is -2.41. The average molecular weight is 504 g/mol. The van der Waals surface area contributed by atoms with Gasteiger partial charge < -0.3 is 19.1 Å². The highest BCUT2D eigenvalue weighted by Crippen LogP contribution is 2.47. The zero-order valence-corrected chi connectivity index (χ0v) is 21.2. The largest absolute Gasteiger partial charge is 0.497 e. The van der Waals surface area contributed by atoms with Gasteiger partial charge in [0.2, 0.25) is 6.10 Å². The second-order valence-electron chi connectivity index (χ2n) is 10.3. The number of para-hydroxylation sites is 2. The molecule has 0 unspecified atom stereocenters. The van der Waals surface area contributed by atoms with Gasteiger partial charge in [-0.25, -0.2) is 0 Å². The van der Waals surface area contributed by atoms with Gasteiger partial charge in [0.25, 0.3) is 17.6 Å². The lowest BCUT2D eigenvalue weighted by molar-refractivity contribution is -0.142. The molecule has 0 spiro atoms. The average Bonchev–Trinajstić information content (AvgIpc) is 3.17. The number of nitrogens with zero attached hydrogens (tertiary/aromatic N) is 3. The molecule has 1 saturated heterocycles. The molecule has 9 heteroatoms. The summed E-state index contributed by atoms with van der Waals surface area (Å²) in [5.74, 6) is 0.731. The number of amides is 2. The fraction of sp³-hybridized carbons (Fsp3) is 0.393. The van der Waals surface area contributed by atoms with Crippen molar-refractivity contribution in [1.82, 2.24) is 9.80 Å². The Morgan fingerprint density at radius 3 is 2.49 bits per heavy atom. The number of ketones is 1. The molecule has 37 heavy (non-hydrogen) atoms. The van der Waals surface area contributed by atoms with E-state index in [1.165, 1.54) is 0 Å². The highest BCUT2D eigenvalue weighted by Gasteiger charge is 2.47. The Morgan fingerprint density at radius 2 is 1.76 bits per heavy atom. The maximum Gasteiger partial charge on any atom is 0.300 e. The Balaban J connectivity index is 1.17. The summed E-state index contributed by atoms with van der Waals surface area (Å²) in [4.78, 5) is 44.4. The van der Waals surface area contributed by atoms with Crippen molar-refractivity contribution >= 4 is 28.9 Å². The molecule has 4 aliphatic rings. The summed E-state index contributed by atoms with van der Waals surface area (Å²) in [7, 11) is 1.56. The molecule has 0 aliphatic carbocycles. The molecule has 6 rings (SSSR count). The highest BCUT2D eigenvalue weighted by molar-refractivity contribution is 6.53. The Hall–Kier alpha value is -3.85. The van der Waals surface area contributed by atoms with Crippen molar-refractivity contribution in [1.29, 1.82) is 0 Å². The number of hydrogen-bond donors (Lipinski definition) is 0. The molecular formula is C28H29N3O6. The van der Waals surface area contributed by atoms with Crippen LogP contribution in [0.5, 0.6) is 17.2 Å². The van der Waals surface area contributed by atoms with E-state index < -0.39 is 23.3 Å². The van der Waals surface area contributed by atoms with Crippen LogP contribution in [0.2, 0.25) is 0 Å². The molecule has 0 aromatic heterocycles. The van der Waals surface area contributed by atoms with Crippen LogP contribution < -0.4 is 19.1 Å². The number of ether oxygens (including phenoxy) is 3. The van der Waals surface area contributed by atoms with Crippen molar-refractivity contribution in [3.63, 3.8) is 0 Å². The summed E-state index contributed by atoms with van der Waals surface area (Å²) in [5, 5.41) is 0. The quantitative estimate of drug-likeness (QED) is 0.592. The summed E-state index contributed by atoms with van der Waals surface area (Å²) in [6.45, 7) is 7.28. The molecule has 4 aliphatic heterocycles. The SMILES string of the molecule is COc1cc2c3c(c1)C(CN1CCN(C(=O)[C@@H]4COc5ccccc5O4)CC1)=CC(C)(C)N3C(=O)C2=O. The zero-order valence-electron chi connectivity index (χ0n) is 21.2. The van der Waals surface area contributed by atoms with Crippen molar-refractivity contribution in [2.24, 2.45) is 0 Å². The van der Waals surface area contributed by atoms with Gasteiger partial charge in [0, 0.05) is 38.3 Å². The third kappa shape index (κ3) is 3.85. The first-order valence-corrected chi connectivity index (χ1v) is 12.5. The van der Waals surface area contributed by atoms with Gasteiger partial charge >= 0.3 is 0 Å². The third-order valence-corrected chi connectivity index (χ3v) is 7.50. The van der Waals surface area contributed by atoms with Crippen molar-refractivity contribution in [2.45, 2.75) is 25.5 Å². The van der Waals surface area contributed by atoms with Crippen LogP contribution in [-0.4, -0.2) is 85.5 Å². The first-order chi connectivity index (χ1) is 17.8. The van der Waals surface area contributed by atoms with Gasteiger partial charge in [0.05, 0.1) is 23.9 Å². The van der Waals surface area contributed by atoms with Gasteiger partial charge in [-0.15, -0.1) is 0 Å². The molecule has 0 radical (unpaired) electrons. The fourth-order valence-corrected chi connectivity index (χ4v) is 5.66. The Bertz CT molecular complexity index is 1340. The van der Waals surface area contributed by atoms with Gasteiger partial charge in [-0.3, -0.25) is 24.2 Å². The van der Waals surface area contributed by atoms with Crippen LogP contribution in [0.25, 0.3) is 5.57 Å². The van der Waals surface area contributed by atoms with Crippen LogP contribution in [-0.2, 0) is 9.59 Å². The lowest BCUT2D eigenvalue weighted by atomic mass is 9.87. The number of methoxy groups -OCH3 is 1. The van der Waals surface area contributed by atoms with Crippen molar-refractivity contribution in [3.8, 4) is 17.2 Å². The van der Waals surface area contributed by atoms with Crippen LogP contribution in [0.1, 0.15) is 29.8 Å². The van der Waals surface area contributed by atoms with Gasteiger partial charge in [-0.2, -0.15) is 0 Å². The first kappa shape index (κ1) is 23.5. The summed E-state index contributed by atoms with van der Waals surface area (Å²) in [6, 6.07) is 10.9. The maximum atomic E-state index is 13.1. The van der Waals surface area contributed by atoms with E-state index in [-0.39, 0.29) is 12.5 Å². The molecule has 2 amide bonds. The summed E-state index contributed by atoms with van der Waals surface area (Å²) >= 11 is 0. The number of piperazine rings is 1. The lowest BCUT2D eigenvalue weighted by Crippen LogP contribution is -2.54. The second-order valence-corrected chi connectivity index (χ2v) is 10.3. The number of hydrogen-bond acceptors (Lipinski definition) is 7. The van der Waals surface area contributed by atoms with Crippen LogP contribution in [0.15, 0.2) is 42.5 Å². The van der Waals surface area contributed by atoms with E-state index in [0.29, 0.717) is 61.2 Å². The molecule has 4 heterocycles. The number of carbonyl (C=O) groups excluding carboxylic acids is 3. The topological polar surface area (TPSA) is 88.6 Å². The normalized spacial score (nSPS) is 22.0. The van der Waals surface area contributed by atoms with E-state index >= 15 is 0 Å². The minimum Gasteiger partial charge on any atom is -0.497 e. The van der Waals surface area contributed by atoms with Gasteiger partial charge in [0.15, 0.2) is 11.5 Å². The van der Waals surface area contributed by atoms with Crippen molar-refractivity contribution < 1.29 is 28.6 Å². The second kappa shape index (κ2) is 8.62. The van der Waals surface area contributed by atoms with E-state index in [2.05, 4.69) is 11.0 Å². The molecule has 0 N–H and O–H groups in total. The van der Waals surface area contributed by atoms with Crippen molar-refractivity contribution in [3.05, 3.63) is 53.6 Å². The summed E-state index contributed by atoms with van der Waals surface area (Å²) in [5.41, 5.74) is 2.31. The summed E-state index contributed by atoms with van der Waals surface area (Å²) < 4.78 is 17.1. The fourth-order valence-electron chi connectivity index (χ4n) is 5.66. The predicted octanol–water partition coefficient (Wildman–Crippen LogP) is 2.38. The van der Waals surface area contributed by atoms with E-state index in [0.717, 1.165) is 11.1 Å².